The van der Waals surface area contributed by atoms with E-state index in [1.165, 1.54) is 16.7 Å². The van der Waals surface area contributed by atoms with Gasteiger partial charge in [-0.15, -0.1) is 11.8 Å². The number of benzene rings is 3. The summed E-state index contributed by atoms with van der Waals surface area (Å²) in [6.07, 6.45) is 5.94. The van der Waals surface area contributed by atoms with E-state index in [1.54, 1.807) is 43.3 Å². The molecule has 0 bridgehead atoms. The topological polar surface area (TPSA) is 86.8 Å². The Kier molecular flexibility index (Phi) is 10.1. The number of nitrogens with zero attached hydrogens (tertiary/aromatic N) is 2. The predicted molar refractivity (Wildman–Crippen MR) is 166 cm³/mol. The van der Waals surface area contributed by atoms with Gasteiger partial charge in [0.05, 0.1) is 10.6 Å². The average Bonchev–Trinajstić information content (AvgIpc) is 3.48. The van der Waals surface area contributed by atoms with Crippen molar-refractivity contribution in [1.29, 1.82) is 0 Å². The van der Waals surface area contributed by atoms with Gasteiger partial charge in [0.15, 0.2) is 0 Å². The number of hydrogen-bond donors (Lipinski definition) is 1. The van der Waals surface area contributed by atoms with Gasteiger partial charge in [-0.2, -0.15) is 0 Å². The van der Waals surface area contributed by atoms with Gasteiger partial charge < -0.3 is 10.2 Å². The first-order chi connectivity index (χ1) is 19.6. The van der Waals surface area contributed by atoms with Crippen LogP contribution in [0.1, 0.15) is 49.3 Å². The SMILES string of the molecule is CSc1ccc(S(=O)(=O)N(CC(=O)N(Cc2ccccc2C)[C@H](C)C(=O)NC2CCCC2)c2ccc(C)cc2)cc1. The van der Waals surface area contributed by atoms with Crippen molar-refractivity contribution in [3.63, 3.8) is 0 Å². The molecule has 1 saturated carbocycles. The molecule has 0 radical (unpaired) electrons. The first kappa shape index (κ1) is 30.7. The van der Waals surface area contributed by atoms with Crippen LogP contribution in [0.4, 0.5) is 5.69 Å². The quantitative estimate of drug-likeness (QED) is 0.289. The summed E-state index contributed by atoms with van der Waals surface area (Å²) in [6.45, 7) is 5.34. The zero-order valence-corrected chi connectivity index (χ0v) is 25.8. The lowest BCUT2D eigenvalue weighted by Crippen LogP contribution is -2.52. The maximum absolute atomic E-state index is 14.1. The number of carbonyl (C=O) groups excluding carboxylic acids is 2. The smallest absolute Gasteiger partial charge is 0.264 e. The highest BCUT2D eigenvalue weighted by atomic mass is 32.2. The van der Waals surface area contributed by atoms with Crippen LogP contribution in [0.5, 0.6) is 0 Å². The van der Waals surface area contributed by atoms with Crippen LogP contribution in [-0.4, -0.2) is 50.0 Å². The van der Waals surface area contributed by atoms with Crippen LogP contribution in [0.25, 0.3) is 0 Å². The van der Waals surface area contributed by atoms with Gasteiger partial charge in [-0.05, 0) is 87.4 Å². The number of sulfonamides is 1. The van der Waals surface area contributed by atoms with Crippen molar-refractivity contribution < 1.29 is 18.0 Å². The minimum atomic E-state index is -4.09. The maximum atomic E-state index is 14.1. The second-order valence-corrected chi connectivity index (χ2v) is 13.4. The van der Waals surface area contributed by atoms with E-state index in [0.29, 0.717) is 5.69 Å². The Hall–Kier alpha value is -3.30. The highest BCUT2D eigenvalue weighted by Gasteiger charge is 2.33. The van der Waals surface area contributed by atoms with E-state index in [9.17, 15) is 18.0 Å². The fourth-order valence-corrected chi connectivity index (χ4v) is 6.88. The normalized spacial score (nSPS) is 14.4. The number of rotatable bonds is 11. The second kappa shape index (κ2) is 13.6. The molecule has 0 aliphatic heterocycles. The zero-order chi connectivity index (χ0) is 29.6. The molecule has 0 heterocycles. The van der Waals surface area contributed by atoms with Crippen molar-refractivity contribution in [3.8, 4) is 0 Å². The molecule has 0 aromatic heterocycles. The number of thioether (sulfide) groups is 1. The molecule has 0 spiro atoms. The van der Waals surface area contributed by atoms with Crippen LogP contribution in [0.3, 0.4) is 0 Å². The molecule has 0 saturated heterocycles. The number of nitrogens with one attached hydrogen (secondary N) is 1. The number of amides is 2. The van der Waals surface area contributed by atoms with Gasteiger partial charge in [0, 0.05) is 17.5 Å². The summed E-state index contributed by atoms with van der Waals surface area (Å²) >= 11 is 1.52. The number of hydrogen-bond acceptors (Lipinski definition) is 5. The van der Waals surface area contributed by atoms with Gasteiger partial charge in [0.2, 0.25) is 11.8 Å². The van der Waals surface area contributed by atoms with E-state index >= 15 is 0 Å². The fourth-order valence-electron chi connectivity index (χ4n) is 5.06. The van der Waals surface area contributed by atoms with E-state index in [2.05, 4.69) is 5.32 Å². The lowest BCUT2D eigenvalue weighted by Gasteiger charge is -2.33. The minimum Gasteiger partial charge on any atom is -0.352 e. The Bertz CT molecular complexity index is 1450. The highest BCUT2D eigenvalue weighted by molar-refractivity contribution is 7.98. The van der Waals surface area contributed by atoms with Crippen LogP contribution >= 0.6 is 11.8 Å². The van der Waals surface area contributed by atoms with Gasteiger partial charge in [0.1, 0.15) is 12.6 Å². The molecule has 1 aliphatic rings. The standard InChI is InChI=1S/C32H39N3O4S2/c1-23-13-15-28(16-14-23)35(41(38,39)30-19-17-29(40-4)18-20-30)22-31(36)34(21-26-10-6-5-9-24(26)2)25(3)32(37)33-27-11-7-8-12-27/h5-6,9-10,13-20,25,27H,7-8,11-12,21-22H2,1-4H3,(H,33,37)/t25-/m1/s1. The molecule has 218 valence electrons. The molecule has 3 aromatic rings. The molecule has 3 aromatic carbocycles. The Morgan fingerprint density at radius 1 is 0.951 bits per heavy atom. The van der Waals surface area contributed by atoms with Gasteiger partial charge in [-0.25, -0.2) is 8.42 Å². The Labute approximate surface area is 248 Å². The zero-order valence-electron chi connectivity index (χ0n) is 24.2. The van der Waals surface area contributed by atoms with Gasteiger partial charge >= 0.3 is 0 Å². The predicted octanol–water partition coefficient (Wildman–Crippen LogP) is 5.70. The first-order valence-electron chi connectivity index (χ1n) is 14.0. The summed E-state index contributed by atoms with van der Waals surface area (Å²) in [5, 5.41) is 3.11. The molecule has 9 heteroatoms. The maximum Gasteiger partial charge on any atom is 0.264 e. The number of carbonyl (C=O) groups is 2. The average molecular weight is 594 g/mol. The van der Waals surface area contributed by atoms with Crippen molar-refractivity contribution >= 4 is 39.3 Å². The van der Waals surface area contributed by atoms with Gasteiger partial charge in [-0.3, -0.25) is 13.9 Å². The third-order valence-electron chi connectivity index (χ3n) is 7.72. The van der Waals surface area contributed by atoms with E-state index in [4.69, 9.17) is 0 Å². The largest absolute Gasteiger partial charge is 0.352 e. The van der Waals surface area contributed by atoms with Crippen molar-refractivity contribution in [1.82, 2.24) is 10.2 Å². The number of aryl methyl sites for hydroxylation is 2. The van der Waals surface area contributed by atoms with Crippen LogP contribution in [0.15, 0.2) is 82.6 Å². The van der Waals surface area contributed by atoms with Crippen molar-refractivity contribution in [2.24, 2.45) is 0 Å². The fraction of sp³-hybridized carbons (Fsp3) is 0.375. The molecule has 4 rings (SSSR count). The summed E-state index contributed by atoms with van der Waals surface area (Å²) in [6, 6.07) is 20.7. The van der Waals surface area contributed by atoms with Crippen molar-refractivity contribution in [3.05, 3.63) is 89.5 Å². The first-order valence-corrected chi connectivity index (χ1v) is 16.6. The summed E-state index contributed by atoms with van der Waals surface area (Å²) in [5.41, 5.74) is 3.25. The monoisotopic (exact) mass is 593 g/mol. The molecule has 0 unspecified atom stereocenters. The van der Waals surface area contributed by atoms with E-state index in [0.717, 1.165) is 51.6 Å². The molecule has 1 fully saturated rings. The van der Waals surface area contributed by atoms with Crippen LogP contribution in [0.2, 0.25) is 0 Å². The lowest BCUT2D eigenvalue weighted by molar-refractivity contribution is -0.139. The van der Waals surface area contributed by atoms with Crippen LogP contribution < -0.4 is 9.62 Å². The molecule has 41 heavy (non-hydrogen) atoms. The highest BCUT2D eigenvalue weighted by Crippen LogP contribution is 2.27. The van der Waals surface area contributed by atoms with Crippen LogP contribution in [-0.2, 0) is 26.2 Å². The van der Waals surface area contributed by atoms with Gasteiger partial charge in [0.25, 0.3) is 10.0 Å². The molecular weight excluding hydrogens is 555 g/mol. The molecule has 1 atom stereocenters. The Morgan fingerprint density at radius 3 is 2.20 bits per heavy atom. The number of anilines is 1. The lowest BCUT2D eigenvalue weighted by atomic mass is 10.1. The second-order valence-electron chi connectivity index (χ2n) is 10.6. The Morgan fingerprint density at radius 2 is 1.59 bits per heavy atom. The molecule has 1 aliphatic carbocycles. The molecule has 1 N–H and O–H groups in total. The summed E-state index contributed by atoms with van der Waals surface area (Å²) in [7, 11) is -4.09. The van der Waals surface area contributed by atoms with E-state index in [1.807, 2.05) is 56.5 Å². The summed E-state index contributed by atoms with van der Waals surface area (Å²) in [5.74, 6) is -0.677. The molecule has 2 amide bonds. The van der Waals surface area contributed by atoms with Crippen LogP contribution in [0, 0.1) is 13.8 Å². The molecular formula is C32H39N3O4S2. The summed E-state index contributed by atoms with van der Waals surface area (Å²) < 4.78 is 29.1. The van der Waals surface area contributed by atoms with Gasteiger partial charge in [-0.1, -0.05) is 54.8 Å². The summed E-state index contributed by atoms with van der Waals surface area (Å²) in [4.78, 5) is 30.0. The van der Waals surface area contributed by atoms with E-state index in [-0.39, 0.29) is 23.4 Å². The third kappa shape index (κ3) is 7.51. The third-order valence-corrected chi connectivity index (χ3v) is 10.3. The Balaban J connectivity index is 1.69. The van der Waals surface area contributed by atoms with Crippen molar-refractivity contribution in [2.45, 2.75) is 74.9 Å². The van der Waals surface area contributed by atoms with E-state index < -0.39 is 28.5 Å². The molecule has 7 nitrogen and oxygen atoms in total. The van der Waals surface area contributed by atoms with Crippen molar-refractivity contribution in [2.75, 3.05) is 17.1 Å². The minimum absolute atomic E-state index is 0.0983.